The molecule has 2 aromatic carbocycles. The molecular formula is C20H18O6. The lowest BCUT2D eigenvalue weighted by Crippen LogP contribution is -2.10. The number of ether oxygens (including phenoxy) is 2. The van der Waals surface area contributed by atoms with Crippen molar-refractivity contribution in [3.05, 3.63) is 69.6 Å². The molecule has 26 heavy (non-hydrogen) atoms. The Kier molecular flexibility index (Phi) is 4.93. The van der Waals surface area contributed by atoms with Crippen LogP contribution in [0.3, 0.4) is 0 Å². The van der Waals surface area contributed by atoms with Gasteiger partial charge in [-0.3, -0.25) is 4.79 Å². The average molecular weight is 354 g/mol. The first-order chi connectivity index (χ1) is 12.5. The molecule has 0 aliphatic heterocycles. The molecule has 3 rings (SSSR count). The first-order valence-electron chi connectivity index (χ1n) is 8.02. The molecular weight excluding hydrogens is 336 g/mol. The summed E-state index contributed by atoms with van der Waals surface area (Å²) in [4.78, 5) is 24.0. The minimum atomic E-state index is -0.568. The van der Waals surface area contributed by atoms with Gasteiger partial charge in [-0.15, -0.1) is 0 Å². The molecule has 0 spiro atoms. The predicted molar refractivity (Wildman–Crippen MR) is 95.4 cm³/mol. The summed E-state index contributed by atoms with van der Waals surface area (Å²) in [6, 6.07) is 11.6. The minimum Gasteiger partial charge on any atom is -0.508 e. The quantitative estimate of drug-likeness (QED) is 0.560. The highest BCUT2D eigenvalue weighted by molar-refractivity contribution is 5.85. The molecule has 3 aromatic rings. The Morgan fingerprint density at radius 3 is 2.69 bits per heavy atom. The summed E-state index contributed by atoms with van der Waals surface area (Å²) in [6.07, 6.45) is 0.0587. The number of phenols is 1. The first kappa shape index (κ1) is 17.5. The van der Waals surface area contributed by atoms with Gasteiger partial charge in [-0.2, -0.15) is 0 Å². The minimum absolute atomic E-state index is 0.0333. The van der Waals surface area contributed by atoms with Crippen LogP contribution in [0, 0.1) is 6.92 Å². The van der Waals surface area contributed by atoms with E-state index in [2.05, 4.69) is 0 Å². The lowest BCUT2D eigenvalue weighted by molar-refractivity contribution is -0.144. The molecule has 0 bridgehead atoms. The van der Waals surface area contributed by atoms with Crippen LogP contribution in [-0.2, 0) is 22.6 Å². The van der Waals surface area contributed by atoms with E-state index < -0.39 is 11.6 Å². The molecule has 1 aromatic heterocycles. The van der Waals surface area contributed by atoms with Gasteiger partial charge in [0.25, 0.3) is 0 Å². The van der Waals surface area contributed by atoms with Crippen LogP contribution in [0.15, 0.2) is 51.7 Å². The zero-order valence-corrected chi connectivity index (χ0v) is 14.4. The van der Waals surface area contributed by atoms with Crippen molar-refractivity contribution in [1.29, 1.82) is 0 Å². The molecule has 0 aliphatic carbocycles. The van der Waals surface area contributed by atoms with E-state index in [0.29, 0.717) is 22.3 Å². The third-order valence-electron chi connectivity index (χ3n) is 4.13. The van der Waals surface area contributed by atoms with Gasteiger partial charge in [0.1, 0.15) is 23.7 Å². The maximum Gasteiger partial charge on any atom is 0.336 e. The van der Waals surface area contributed by atoms with Gasteiger partial charge in [-0.1, -0.05) is 18.2 Å². The van der Waals surface area contributed by atoms with Crippen molar-refractivity contribution in [3.8, 4) is 11.5 Å². The number of benzene rings is 2. The Bertz CT molecular complexity index is 1020. The van der Waals surface area contributed by atoms with Crippen molar-refractivity contribution < 1.29 is 23.8 Å². The number of para-hydroxylation sites is 1. The van der Waals surface area contributed by atoms with E-state index in [9.17, 15) is 14.7 Å². The summed E-state index contributed by atoms with van der Waals surface area (Å²) in [7, 11) is 1.54. The van der Waals surface area contributed by atoms with Crippen molar-refractivity contribution in [2.24, 2.45) is 0 Å². The number of rotatable bonds is 5. The molecule has 0 unspecified atom stereocenters. The van der Waals surface area contributed by atoms with Crippen molar-refractivity contribution in [1.82, 2.24) is 0 Å². The monoisotopic (exact) mass is 354 g/mol. The van der Waals surface area contributed by atoms with Gasteiger partial charge in [-0.05, 0) is 25.1 Å². The normalized spacial score (nSPS) is 10.7. The fourth-order valence-electron chi connectivity index (χ4n) is 2.75. The number of esters is 1. The van der Waals surface area contributed by atoms with Gasteiger partial charge in [-0.25, -0.2) is 4.79 Å². The van der Waals surface area contributed by atoms with Crippen molar-refractivity contribution in [3.63, 3.8) is 0 Å². The highest BCUT2D eigenvalue weighted by atomic mass is 16.5. The van der Waals surface area contributed by atoms with Crippen LogP contribution < -0.4 is 10.4 Å². The topological polar surface area (TPSA) is 86.0 Å². The number of hydrogen-bond acceptors (Lipinski definition) is 6. The van der Waals surface area contributed by atoms with Gasteiger partial charge >= 0.3 is 11.6 Å². The molecule has 134 valence electrons. The highest BCUT2D eigenvalue weighted by Gasteiger charge is 2.14. The van der Waals surface area contributed by atoms with E-state index >= 15 is 0 Å². The summed E-state index contributed by atoms with van der Waals surface area (Å²) in [5, 5.41) is 10.4. The number of methoxy groups -OCH3 is 1. The lowest BCUT2D eigenvalue weighted by Gasteiger charge is -2.10. The van der Waals surface area contributed by atoms with E-state index in [1.165, 1.54) is 19.2 Å². The molecule has 0 amide bonds. The van der Waals surface area contributed by atoms with Crippen LogP contribution >= 0.6 is 0 Å². The Morgan fingerprint density at radius 2 is 1.92 bits per heavy atom. The summed E-state index contributed by atoms with van der Waals surface area (Å²) >= 11 is 0. The molecule has 1 N–H and O–H groups in total. The van der Waals surface area contributed by atoms with Crippen molar-refractivity contribution in [2.45, 2.75) is 20.0 Å². The first-order valence-corrected chi connectivity index (χ1v) is 8.02. The van der Waals surface area contributed by atoms with Crippen molar-refractivity contribution >= 4 is 16.9 Å². The third kappa shape index (κ3) is 3.54. The standard InChI is InChI=1S/C20H18O6/c1-12-16(21)8-7-15-14(10-19(23)26-20(12)15)11-25-18(22)9-13-5-3-4-6-17(13)24-2/h3-8,10,21H,9,11H2,1-2H3. The largest absolute Gasteiger partial charge is 0.508 e. The van der Waals surface area contributed by atoms with E-state index in [1.54, 1.807) is 25.1 Å². The molecule has 0 fully saturated rings. The van der Waals surface area contributed by atoms with Gasteiger partial charge < -0.3 is 19.0 Å². The maximum absolute atomic E-state index is 12.2. The molecule has 6 heteroatoms. The Morgan fingerprint density at radius 1 is 1.15 bits per heavy atom. The summed E-state index contributed by atoms with van der Waals surface area (Å²) in [6.45, 7) is 1.58. The molecule has 6 nitrogen and oxygen atoms in total. The second kappa shape index (κ2) is 7.31. The number of aryl methyl sites for hydroxylation is 1. The van der Waals surface area contributed by atoms with Crippen molar-refractivity contribution in [2.75, 3.05) is 7.11 Å². The van der Waals surface area contributed by atoms with Crippen LogP contribution in [0.5, 0.6) is 11.5 Å². The second-order valence-corrected chi connectivity index (χ2v) is 5.83. The summed E-state index contributed by atoms with van der Waals surface area (Å²) in [5.74, 6) is 0.207. The SMILES string of the molecule is COc1ccccc1CC(=O)OCc1cc(=O)oc2c(C)c(O)ccc12. The number of carbonyl (C=O) groups is 1. The number of carbonyl (C=O) groups excluding carboxylic acids is 1. The molecule has 0 saturated carbocycles. The van der Waals surface area contributed by atoms with E-state index in [0.717, 1.165) is 5.56 Å². The molecule has 1 heterocycles. The number of aromatic hydroxyl groups is 1. The number of hydrogen-bond donors (Lipinski definition) is 1. The Balaban J connectivity index is 1.80. The van der Waals surface area contributed by atoms with Crippen LogP contribution in [0.1, 0.15) is 16.7 Å². The van der Waals surface area contributed by atoms with Gasteiger partial charge in [0.15, 0.2) is 0 Å². The number of phenolic OH excluding ortho intramolecular Hbond substituents is 1. The second-order valence-electron chi connectivity index (χ2n) is 5.83. The van der Waals surface area contributed by atoms with Crippen LogP contribution in [0.2, 0.25) is 0 Å². The molecule has 0 atom stereocenters. The van der Waals surface area contributed by atoms with Gasteiger partial charge in [0.05, 0.1) is 13.5 Å². The maximum atomic E-state index is 12.2. The number of fused-ring (bicyclic) bond motifs is 1. The van der Waals surface area contributed by atoms with E-state index in [-0.39, 0.29) is 24.4 Å². The van der Waals surface area contributed by atoms with Crippen LogP contribution in [0.25, 0.3) is 11.0 Å². The Hall–Kier alpha value is -3.28. The smallest absolute Gasteiger partial charge is 0.336 e. The fourth-order valence-corrected chi connectivity index (χ4v) is 2.75. The summed E-state index contributed by atoms with van der Waals surface area (Å²) < 4.78 is 15.7. The van der Waals surface area contributed by atoms with Crippen LogP contribution in [-0.4, -0.2) is 18.2 Å². The zero-order chi connectivity index (χ0) is 18.7. The fraction of sp³-hybridized carbons (Fsp3) is 0.200. The average Bonchev–Trinajstić information content (AvgIpc) is 2.63. The molecule has 0 saturated heterocycles. The lowest BCUT2D eigenvalue weighted by atomic mass is 10.1. The summed E-state index contributed by atoms with van der Waals surface area (Å²) in [5.41, 5.74) is 1.42. The molecule has 0 aliphatic rings. The zero-order valence-electron chi connectivity index (χ0n) is 14.4. The van der Waals surface area contributed by atoms with E-state index in [1.807, 2.05) is 12.1 Å². The third-order valence-corrected chi connectivity index (χ3v) is 4.13. The van der Waals surface area contributed by atoms with E-state index in [4.69, 9.17) is 13.9 Å². The molecule has 0 radical (unpaired) electrons. The van der Waals surface area contributed by atoms with Crippen LogP contribution in [0.4, 0.5) is 0 Å². The highest BCUT2D eigenvalue weighted by Crippen LogP contribution is 2.27. The van der Waals surface area contributed by atoms with Gasteiger partial charge in [0, 0.05) is 28.1 Å². The Labute approximate surface area is 149 Å². The predicted octanol–water partition coefficient (Wildman–Crippen LogP) is 3.10. The van der Waals surface area contributed by atoms with Gasteiger partial charge in [0.2, 0.25) is 0 Å².